The minimum atomic E-state index is -0.929. The number of ether oxygens (including phenoxy) is 9. The average molecular weight is 616 g/mol. The van der Waals surface area contributed by atoms with Crippen LogP contribution in [0.4, 0.5) is 0 Å². The third kappa shape index (κ3) is 4.65. The topological polar surface area (TPSA) is 144 Å². The van der Waals surface area contributed by atoms with Gasteiger partial charge in [-0.2, -0.15) is 0 Å². The molecule has 3 saturated heterocycles. The lowest BCUT2D eigenvalue weighted by atomic mass is 9.66. The Bertz CT molecular complexity index is 1410. The Morgan fingerprint density at radius 2 is 1.61 bits per heavy atom. The van der Waals surface area contributed by atoms with Crippen LogP contribution in [-0.4, -0.2) is 106 Å². The summed E-state index contributed by atoms with van der Waals surface area (Å²) >= 11 is 0. The van der Waals surface area contributed by atoms with Crippen LogP contribution in [0.1, 0.15) is 35.6 Å². The second kappa shape index (κ2) is 11.2. The maximum atomic E-state index is 13.5. The zero-order chi connectivity index (χ0) is 30.9. The van der Waals surface area contributed by atoms with Gasteiger partial charge in [-0.05, 0) is 62.0 Å². The van der Waals surface area contributed by atoms with Crippen molar-refractivity contribution in [2.24, 2.45) is 11.8 Å². The fourth-order valence-corrected chi connectivity index (χ4v) is 7.28. The predicted octanol–water partition coefficient (Wildman–Crippen LogP) is 1.91. The van der Waals surface area contributed by atoms with E-state index in [1.54, 1.807) is 19.1 Å². The molecule has 7 rings (SSSR count). The molecule has 44 heavy (non-hydrogen) atoms. The molecular weight excluding hydrogens is 578 g/mol. The van der Waals surface area contributed by atoms with Crippen molar-refractivity contribution in [3.63, 3.8) is 0 Å². The van der Waals surface area contributed by atoms with Crippen LogP contribution in [0.2, 0.25) is 0 Å². The molecular formula is C31H37NO12. The monoisotopic (exact) mass is 615 g/mol. The molecule has 4 heterocycles. The number of aliphatic hydroxyl groups excluding tert-OH is 1. The molecule has 238 valence electrons. The van der Waals surface area contributed by atoms with E-state index in [4.69, 9.17) is 42.6 Å². The largest absolute Gasteiger partial charge is 0.502 e. The highest BCUT2D eigenvalue weighted by atomic mass is 16.7. The van der Waals surface area contributed by atoms with E-state index >= 15 is 0 Å². The number of nitrogens with zero attached hydrogens (tertiary/aromatic N) is 1. The molecule has 5 aliphatic rings. The molecule has 0 bridgehead atoms. The summed E-state index contributed by atoms with van der Waals surface area (Å²) < 4.78 is 53.0. The van der Waals surface area contributed by atoms with Gasteiger partial charge in [0.2, 0.25) is 12.5 Å². The third-order valence-corrected chi connectivity index (χ3v) is 9.34. The second-order valence-electron chi connectivity index (χ2n) is 12.0. The van der Waals surface area contributed by atoms with Crippen molar-refractivity contribution in [3.05, 3.63) is 41.0 Å². The number of carbonyl (C=O) groups is 1. The lowest BCUT2D eigenvalue weighted by Crippen LogP contribution is -2.66. The molecule has 2 aromatic carbocycles. The number of carbonyl (C=O) groups excluding carboxylic acids is 1. The van der Waals surface area contributed by atoms with Crippen molar-refractivity contribution < 1.29 is 57.6 Å². The third-order valence-electron chi connectivity index (χ3n) is 9.34. The zero-order valence-electron chi connectivity index (χ0n) is 25.1. The predicted molar refractivity (Wildman–Crippen MR) is 150 cm³/mol. The number of cyclic esters (lactones) is 1. The number of esters is 1. The van der Waals surface area contributed by atoms with Crippen LogP contribution >= 0.6 is 0 Å². The number of rotatable bonds is 6. The summed E-state index contributed by atoms with van der Waals surface area (Å²) in [5.41, 5.74) is 2.23. The minimum absolute atomic E-state index is 0.0618. The number of aliphatic hydroxyl groups is 1. The van der Waals surface area contributed by atoms with E-state index in [0.717, 1.165) is 11.1 Å². The maximum absolute atomic E-state index is 13.5. The molecule has 0 spiro atoms. The summed E-state index contributed by atoms with van der Waals surface area (Å²) in [6.45, 7) is 2.20. The van der Waals surface area contributed by atoms with Gasteiger partial charge in [-0.15, -0.1) is 0 Å². The Balaban J connectivity index is 1.33. The first kappa shape index (κ1) is 29.4. The van der Waals surface area contributed by atoms with Gasteiger partial charge in [-0.1, -0.05) is 0 Å². The Hall–Kier alpha value is -3.33. The molecule has 0 saturated carbocycles. The molecule has 1 aliphatic carbocycles. The zero-order valence-corrected chi connectivity index (χ0v) is 25.1. The van der Waals surface area contributed by atoms with Crippen molar-refractivity contribution >= 4 is 5.97 Å². The number of hydrogen-bond acceptors (Lipinski definition) is 13. The van der Waals surface area contributed by atoms with Crippen molar-refractivity contribution in [2.75, 3.05) is 48.3 Å². The van der Waals surface area contributed by atoms with E-state index in [9.17, 15) is 15.0 Å². The van der Waals surface area contributed by atoms with Gasteiger partial charge in [0.1, 0.15) is 18.3 Å². The Morgan fingerprint density at radius 1 is 0.932 bits per heavy atom. The van der Waals surface area contributed by atoms with E-state index in [-0.39, 0.29) is 43.2 Å². The molecule has 2 N–H and O–H groups in total. The van der Waals surface area contributed by atoms with E-state index in [1.807, 2.05) is 31.1 Å². The van der Waals surface area contributed by atoms with Crippen molar-refractivity contribution in [1.82, 2.24) is 4.90 Å². The maximum Gasteiger partial charge on any atom is 0.310 e. The molecule has 2 aromatic rings. The van der Waals surface area contributed by atoms with Crippen LogP contribution in [0, 0.1) is 11.8 Å². The number of benzene rings is 2. The van der Waals surface area contributed by atoms with Gasteiger partial charge >= 0.3 is 5.97 Å². The summed E-state index contributed by atoms with van der Waals surface area (Å²) in [6, 6.07) is 6.57. The minimum Gasteiger partial charge on any atom is -0.502 e. The van der Waals surface area contributed by atoms with E-state index in [2.05, 4.69) is 0 Å². The highest BCUT2D eigenvalue weighted by Crippen LogP contribution is 2.57. The quantitative estimate of drug-likeness (QED) is 0.457. The van der Waals surface area contributed by atoms with Crippen LogP contribution in [-0.2, 0) is 28.5 Å². The number of likely N-dealkylation sites (N-methyl/N-ethyl adjacent to an activating group) is 1. The molecule has 6 unspecified atom stereocenters. The van der Waals surface area contributed by atoms with Crippen LogP contribution in [0.15, 0.2) is 24.3 Å². The van der Waals surface area contributed by atoms with Crippen LogP contribution in [0.3, 0.4) is 0 Å². The molecule has 0 aromatic heterocycles. The smallest absolute Gasteiger partial charge is 0.310 e. The lowest BCUT2D eigenvalue weighted by molar-refractivity contribution is -0.354. The fourth-order valence-electron chi connectivity index (χ4n) is 7.28. The Labute approximate surface area is 254 Å². The summed E-state index contributed by atoms with van der Waals surface area (Å²) in [7, 11) is 6.59. The number of methoxy groups -OCH3 is 2. The molecule has 3 fully saturated rings. The fraction of sp³-hybridized carbons (Fsp3) is 0.581. The standard InChI is InChI=1S/C31H37NO12/c1-13-38-11-22-29(42-13)27(34)25(32(2)3)31(43-22)44-28-16-9-19-18(40-12-41-19)8-15(16)23(24-17(28)10-39-30(24)35)14-6-20(36-4)26(33)21(7-14)37-5/h6-9,13,17,22-25,27-29,31,33-34H,10-12H2,1-5H3/t13-,17?,22?,23-,24?,25-,27-,28?,29?,31?/m1/s1. The Morgan fingerprint density at radius 3 is 2.27 bits per heavy atom. The van der Waals surface area contributed by atoms with Gasteiger partial charge in [0.25, 0.3) is 0 Å². The van der Waals surface area contributed by atoms with Gasteiger partial charge in [0.15, 0.2) is 35.6 Å². The first-order valence-electron chi connectivity index (χ1n) is 14.7. The van der Waals surface area contributed by atoms with Gasteiger partial charge in [-0.3, -0.25) is 9.69 Å². The molecule has 13 nitrogen and oxygen atoms in total. The number of aromatic hydroxyl groups is 1. The lowest BCUT2D eigenvalue weighted by Gasteiger charge is -2.50. The normalized spacial score (nSPS) is 35.5. The van der Waals surface area contributed by atoms with Crippen LogP contribution < -0.4 is 18.9 Å². The highest BCUT2D eigenvalue weighted by Gasteiger charge is 2.56. The van der Waals surface area contributed by atoms with Gasteiger partial charge in [-0.25, -0.2) is 0 Å². The molecule has 4 aliphatic heterocycles. The summed E-state index contributed by atoms with van der Waals surface area (Å²) in [6.07, 6.45) is -4.11. The first-order valence-corrected chi connectivity index (χ1v) is 14.7. The summed E-state index contributed by atoms with van der Waals surface area (Å²) in [4.78, 5) is 15.4. The SMILES string of the molecule is COc1cc([C@@H]2c3cc4c(cc3C(OC3OC5CO[C@@H](C)OC5[C@H](O)[C@H]3N(C)C)C3COC(=O)C32)OCO4)cc(OC)c1O. The average Bonchev–Trinajstić information content (AvgIpc) is 3.63. The number of fused-ring (bicyclic) bond motifs is 4. The molecule has 0 radical (unpaired) electrons. The van der Waals surface area contributed by atoms with Crippen LogP contribution in [0.25, 0.3) is 0 Å². The summed E-state index contributed by atoms with van der Waals surface area (Å²) in [5.74, 6) is -0.602. The number of phenolic OH excluding ortho intramolecular Hbond substituents is 1. The van der Waals surface area contributed by atoms with Crippen molar-refractivity contribution in [1.29, 1.82) is 0 Å². The Kier molecular flexibility index (Phi) is 7.50. The number of hydrogen-bond donors (Lipinski definition) is 2. The molecule has 10 atom stereocenters. The van der Waals surface area contributed by atoms with Gasteiger partial charge < -0.3 is 52.8 Å². The van der Waals surface area contributed by atoms with Gasteiger partial charge in [0, 0.05) is 11.8 Å². The van der Waals surface area contributed by atoms with Crippen molar-refractivity contribution in [3.8, 4) is 28.7 Å². The molecule has 13 heteroatoms. The van der Waals surface area contributed by atoms with Gasteiger partial charge in [0.05, 0.1) is 45.5 Å². The summed E-state index contributed by atoms with van der Waals surface area (Å²) in [5, 5.41) is 22.1. The van der Waals surface area contributed by atoms with E-state index in [1.165, 1.54) is 14.2 Å². The number of phenols is 1. The van der Waals surface area contributed by atoms with Crippen LogP contribution in [0.5, 0.6) is 28.7 Å². The first-order chi connectivity index (χ1) is 21.2. The second-order valence-corrected chi connectivity index (χ2v) is 12.0. The van der Waals surface area contributed by atoms with E-state index < -0.39 is 60.8 Å². The molecule has 0 amide bonds. The highest BCUT2D eigenvalue weighted by molar-refractivity contribution is 5.79. The van der Waals surface area contributed by atoms with E-state index in [0.29, 0.717) is 17.1 Å². The van der Waals surface area contributed by atoms with Crippen molar-refractivity contribution in [2.45, 2.75) is 55.9 Å².